The summed E-state index contributed by atoms with van der Waals surface area (Å²) < 4.78 is 0. The highest BCUT2D eigenvalue weighted by molar-refractivity contribution is 5.85. The maximum atomic E-state index is 4.17. The Kier molecular flexibility index (Phi) is 3.38. The SMILES string of the molecule is CN1CCC(N(C)c2ccc3cnccc3c2)CC1. The topological polar surface area (TPSA) is 19.4 Å². The van der Waals surface area contributed by atoms with Gasteiger partial charge < -0.3 is 9.80 Å². The first-order valence-corrected chi connectivity index (χ1v) is 6.99. The van der Waals surface area contributed by atoms with Gasteiger partial charge in [-0.05, 0) is 56.6 Å². The summed E-state index contributed by atoms with van der Waals surface area (Å²) in [5, 5.41) is 2.48. The first-order valence-electron chi connectivity index (χ1n) is 6.99. The van der Waals surface area contributed by atoms with Crippen LogP contribution in [0.3, 0.4) is 0 Å². The molecule has 2 heterocycles. The van der Waals surface area contributed by atoms with Gasteiger partial charge in [-0.15, -0.1) is 0 Å². The first kappa shape index (κ1) is 12.4. The van der Waals surface area contributed by atoms with Crippen molar-refractivity contribution in [3.63, 3.8) is 0 Å². The Balaban J connectivity index is 1.83. The summed E-state index contributed by atoms with van der Waals surface area (Å²) in [6.07, 6.45) is 6.29. The molecular weight excluding hydrogens is 234 g/mol. The number of anilines is 1. The summed E-state index contributed by atoms with van der Waals surface area (Å²) >= 11 is 0. The fourth-order valence-electron chi connectivity index (χ4n) is 2.88. The third-order valence-electron chi connectivity index (χ3n) is 4.27. The molecule has 1 aliphatic heterocycles. The zero-order valence-corrected chi connectivity index (χ0v) is 11.7. The molecule has 3 rings (SSSR count). The first-order chi connectivity index (χ1) is 9.24. The molecular formula is C16H21N3. The Morgan fingerprint density at radius 1 is 1.16 bits per heavy atom. The Morgan fingerprint density at radius 2 is 1.95 bits per heavy atom. The summed E-state index contributed by atoms with van der Waals surface area (Å²) in [6.45, 7) is 2.40. The Morgan fingerprint density at radius 3 is 2.74 bits per heavy atom. The van der Waals surface area contributed by atoms with Crippen molar-refractivity contribution in [2.24, 2.45) is 0 Å². The van der Waals surface area contributed by atoms with Crippen LogP contribution in [0, 0.1) is 0 Å². The van der Waals surface area contributed by atoms with Crippen LogP contribution in [0.2, 0.25) is 0 Å². The summed E-state index contributed by atoms with van der Waals surface area (Å²) in [4.78, 5) is 9.02. The highest BCUT2D eigenvalue weighted by Crippen LogP contribution is 2.25. The highest BCUT2D eigenvalue weighted by Gasteiger charge is 2.20. The van der Waals surface area contributed by atoms with Gasteiger partial charge in [-0.3, -0.25) is 4.98 Å². The number of likely N-dealkylation sites (tertiary alicyclic amines) is 1. The third kappa shape index (κ3) is 2.56. The van der Waals surface area contributed by atoms with Crippen LogP contribution >= 0.6 is 0 Å². The minimum Gasteiger partial charge on any atom is -0.371 e. The molecule has 1 aromatic carbocycles. The number of hydrogen-bond donors (Lipinski definition) is 0. The molecule has 1 fully saturated rings. The van der Waals surface area contributed by atoms with Gasteiger partial charge in [-0.2, -0.15) is 0 Å². The Hall–Kier alpha value is -1.61. The zero-order chi connectivity index (χ0) is 13.2. The number of nitrogens with zero attached hydrogens (tertiary/aromatic N) is 3. The molecule has 0 N–H and O–H groups in total. The third-order valence-corrected chi connectivity index (χ3v) is 4.27. The van der Waals surface area contributed by atoms with Crippen molar-refractivity contribution in [2.75, 3.05) is 32.1 Å². The molecule has 0 amide bonds. The average Bonchev–Trinajstić information content (AvgIpc) is 2.47. The average molecular weight is 255 g/mol. The molecule has 0 atom stereocenters. The molecule has 1 saturated heterocycles. The van der Waals surface area contributed by atoms with Crippen molar-refractivity contribution in [3.05, 3.63) is 36.7 Å². The molecule has 1 aliphatic rings. The van der Waals surface area contributed by atoms with Crippen LogP contribution in [-0.4, -0.2) is 43.1 Å². The van der Waals surface area contributed by atoms with E-state index < -0.39 is 0 Å². The molecule has 0 spiro atoms. The van der Waals surface area contributed by atoms with Gasteiger partial charge >= 0.3 is 0 Å². The van der Waals surface area contributed by atoms with Crippen LogP contribution in [0.4, 0.5) is 5.69 Å². The molecule has 0 radical (unpaired) electrons. The van der Waals surface area contributed by atoms with E-state index in [9.17, 15) is 0 Å². The maximum absolute atomic E-state index is 4.17. The lowest BCUT2D eigenvalue weighted by Crippen LogP contribution is -2.41. The van der Waals surface area contributed by atoms with E-state index in [-0.39, 0.29) is 0 Å². The second-order valence-electron chi connectivity index (χ2n) is 5.55. The molecule has 3 nitrogen and oxygen atoms in total. The van der Waals surface area contributed by atoms with Crippen LogP contribution in [0.1, 0.15) is 12.8 Å². The number of hydrogen-bond acceptors (Lipinski definition) is 3. The number of aromatic nitrogens is 1. The van der Waals surface area contributed by atoms with Crippen molar-refractivity contribution in [3.8, 4) is 0 Å². The second kappa shape index (κ2) is 5.17. The lowest BCUT2D eigenvalue weighted by Gasteiger charge is -2.36. The van der Waals surface area contributed by atoms with Crippen LogP contribution in [0.5, 0.6) is 0 Å². The highest BCUT2D eigenvalue weighted by atomic mass is 15.2. The lowest BCUT2D eigenvalue weighted by atomic mass is 10.0. The van der Waals surface area contributed by atoms with Gasteiger partial charge in [0.15, 0.2) is 0 Å². The lowest BCUT2D eigenvalue weighted by molar-refractivity contribution is 0.253. The van der Waals surface area contributed by atoms with Gasteiger partial charge in [0.05, 0.1) is 0 Å². The van der Waals surface area contributed by atoms with Gasteiger partial charge in [0.1, 0.15) is 0 Å². The van der Waals surface area contributed by atoms with Gasteiger partial charge in [-0.25, -0.2) is 0 Å². The van der Waals surface area contributed by atoms with Crippen LogP contribution < -0.4 is 4.90 Å². The normalized spacial score (nSPS) is 17.8. The Labute approximate surface area is 114 Å². The summed E-state index contributed by atoms with van der Waals surface area (Å²) in [7, 11) is 4.43. The van der Waals surface area contributed by atoms with E-state index in [1.165, 1.54) is 42.4 Å². The standard InChI is InChI=1S/C16H21N3/c1-18-9-6-15(7-10-18)19(2)16-4-3-14-12-17-8-5-13(14)11-16/h3-5,8,11-12,15H,6-7,9-10H2,1-2H3. The van der Waals surface area contributed by atoms with Gasteiger partial charge in [0.2, 0.25) is 0 Å². The predicted molar refractivity (Wildman–Crippen MR) is 80.7 cm³/mol. The number of benzene rings is 1. The number of piperidine rings is 1. The summed E-state index contributed by atoms with van der Waals surface area (Å²) in [6, 6.07) is 9.40. The number of fused-ring (bicyclic) bond motifs is 1. The predicted octanol–water partition coefficient (Wildman–Crippen LogP) is 2.77. The Bertz CT molecular complexity index is 559. The molecule has 2 aromatic rings. The van der Waals surface area contributed by atoms with Crippen LogP contribution in [0.25, 0.3) is 10.8 Å². The molecule has 0 bridgehead atoms. The fraction of sp³-hybridized carbons (Fsp3) is 0.438. The van der Waals surface area contributed by atoms with Gasteiger partial charge in [-0.1, -0.05) is 6.07 Å². The van der Waals surface area contributed by atoms with Gasteiger partial charge in [0, 0.05) is 36.6 Å². The molecule has 100 valence electrons. The summed E-state index contributed by atoms with van der Waals surface area (Å²) in [5.41, 5.74) is 1.31. The monoisotopic (exact) mass is 255 g/mol. The van der Waals surface area contributed by atoms with Crippen molar-refractivity contribution >= 4 is 16.5 Å². The van der Waals surface area contributed by atoms with E-state index in [0.29, 0.717) is 6.04 Å². The van der Waals surface area contributed by atoms with E-state index >= 15 is 0 Å². The summed E-state index contributed by atoms with van der Waals surface area (Å²) in [5.74, 6) is 0. The molecule has 0 saturated carbocycles. The van der Waals surface area contributed by atoms with E-state index in [4.69, 9.17) is 0 Å². The van der Waals surface area contributed by atoms with Crippen molar-refractivity contribution in [1.29, 1.82) is 0 Å². The van der Waals surface area contributed by atoms with E-state index in [2.05, 4.69) is 53.1 Å². The molecule has 1 aromatic heterocycles. The number of pyridine rings is 1. The largest absolute Gasteiger partial charge is 0.371 e. The number of rotatable bonds is 2. The van der Waals surface area contributed by atoms with Crippen LogP contribution in [0.15, 0.2) is 36.7 Å². The molecule has 3 heteroatoms. The van der Waals surface area contributed by atoms with Crippen molar-refractivity contribution < 1.29 is 0 Å². The smallest absolute Gasteiger partial charge is 0.0372 e. The van der Waals surface area contributed by atoms with Crippen molar-refractivity contribution in [1.82, 2.24) is 9.88 Å². The zero-order valence-electron chi connectivity index (χ0n) is 11.7. The van der Waals surface area contributed by atoms with E-state index in [1.807, 2.05) is 12.4 Å². The van der Waals surface area contributed by atoms with Crippen LogP contribution in [-0.2, 0) is 0 Å². The second-order valence-corrected chi connectivity index (χ2v) is 5.55. The molecule has 19 heavy (non-hydrogen) atoms. The maximum Gasteiger partial charge on any atom is 0.0372 e. The molecule has 0 aliphatic carbocycles. The minimum atomic E-state index is 0.662. The molecule has 0 unspecified atom stereocenters. The minimum absolute atomic E-state index is 0.662. The quantitative estimate of drug-likeness (QED) is 0.822. The van der Waals surface area contributed by atoms with Gasteiger partial charge in [0.25, 0.3) is 0 Å². The van der Waals surface area contributed by atoms with E-state index in [1.54, 1.807) is 0 Å². The van der Waals surface area contributed by atoms with E-state index in [0.717, 1.165) is 0 Å². The van der Waals surface area contributed by atoms with Crippen molar-refractivity contribution in [2.45, 2.75) is 18.9 Å². The fourth-order valence-corrected chi connectivity index (χ4v) is 2.88.